The van der Waals surface area contributed by atoms with E-state index < -0.39 is 0 Å². The number of hydrogen-bond donors (Lipinski definition) is 0. The Bertz CT molecular complexity index is 3190. The number of rotatable bonds is 6. The summed E-state index contributed by atoms with van der Waals surface area (Å²) in [5, 5.41) is 3.84. The molecule has 268 valence electrons. The number of hydrogen-bond acceptors (Lipinski definition) is 1. The highest BCUT2D eigenvalue weighted by atomic mass is 32.1. The second-order valence-electron chi connectivity index (χ2n) is 14.9. The molecule has 0 atom stereocenters. The Labute approximate surface area is 336 Å². The highest BCUT2D eigenvalue weighted by Crippen LogP contribution is 2.42. The van der Waals surface area contributed by atoms with Gasteiger partial charge in [-0.15, -0.1) is 11.3 Å². The minimum absolute atomic E-state index is 0.884. The van der Waals surface area contributed by atoms with E-state index in [9.17, 15) is 0 Å². The molecule has 1 aliphatic carbocycles. The van der Waals surface area contributed by atoms with Crippen LogP contribution in [-0.4, -0.2) is 4.57 Å². The SMILES string of the molecule is C1=Cc2sc3ccc(-n4c5ccccc5c5cc(-c6ccccc6)ccc54)cc3c2C=C(c2cccc(-c3cccc(-c4cccc(-c5ccccc5)c4)c3)c2)C1. The third-order valence-corrected chi connectivity index (χ3v) is 12.6. The lowest BCUT2D eigenvalue weighted by Crippen LogP contribution is -1.93. The first kappa shape index (κ1) is 33.3. The lowest BCUT2D eigenvalue weighted by atomic mass is 9.94. The Hall–Kier alpha value is -7.00. The van der Waals surface area contributed by atoms with Crippen LogP contribution >= 0.6 is 11.3 Å². The third-order valence-electron chi connectivity index (χ3n) is 11.4. The molecule has 0 N–H and O–H groups in total. The van der Waals surface area contributed by atoms with Gasteiger partial charge < -0.3 is 4.57 Å². The van der Waals surface area contributed by atoms with Crippen LogP contribution in [0.25, 0.3) is 99.8 Å². The monoisotopic (exact) mass is 743 g/mol. The minimum atomic E-state index is 0.884. The number of nitrogens with zero attached hydrogens (tertiary/aromatic N) is 1. The van der Waals surface area contributed by atoms with Crippen LogP contribution < -0.4 is 0 Å². The molecule has 2 heterocycles. The zero-order chi connectivity index (χ0) is 37.7. The molecule has 11 rings (SSSR count). The molecule has 0 saturated carbocycles. The van der Waals surface area contributed by atoms with Crippen molar-refractivity contribution in [2.45, 2.75) is 6.42 Å². The van der Waals surface area contributed by atoms with Gasteiger partial charge in [-0.05, 0) is 129 Å². The normalized spacial score (nSPS) is 12.5. The highest BCUT2D eigenvalue weighted by molar-refractivity contribution is 7.20. The van der Waals surface area contributed by atoms with E-state index in [4.69, 9.17) is 0 Å². The molecule has 0 aliphatic heterocycles. The van der Waals surface area contributed by atoms with Gasteiger partial charge in [0, 0.05) is 37.0 Å². The van der Waals surface area contributed by atoms with E-state index in [0.717, 1.165) is 6.42 Å². The third kappa shape index (κ3) is 6.03. The van der Waals surface area contributed by atoms with Gasteiger partial charge in [0.1, 0.15) is 0 Å². The molecule has 1 nitrogen and oxygen atoms in total. The fraction of sp³-hybridized carbons (Fsp3) is 0.0182. The fourth-order valence-corrected chi connectivity index (χ4v) is 9.70. The van der Waals surface area contributed by atoms with E-state index in [0.29, 0.717) is 0 Å². The molecule has 0 spiro atoms. The largest absolute Gasteiger partial charge is 0.309 e. The summed E-state index contributed by atoms with van der Waals surface area (Å²) >= 11 is 1.88. The summed E-state index contributed by atoms with van der Waals surface area (Å²) in [6.07, 6.45) is 7.99. The quantitative estimate of drug-likeness (QED) is 0.160. The number of benzene rings is 8. The molecule has 1 aliphatic rings. The Kier molecular flexibility index (Phi) is 8.15. The maximum absolute atomic E-state index is 2.45. The van der Waals surface area contributed by atoms with Crippen molar-refractivity contribution in [3.63, 3.8) is 0 Å². The average Bonchev–Trinajstić information content (AvgIpc) is 3.71. The highest BCUT2D eigenvalue weighted by Gasteiger charge is 2.18. The molecule has 0 saturated heterocycles. The Balaban J connectivity index is 0.971. The smallest absolute Gasteiger partial charge is 0.0541 e. The van der Waals surface area contributed by atoms with Crippen LogP contribution in [0.4, 0.5) is 0 Å². The van der Waals surface area contributed by atoms with Crippen molar-refractivity contribution in [3.05, 3.63) is 216 Å². The average molecular weight is 744 g/mol. The van der Waals surface area contributed by atoms with E-state index in [1.165, 1.54) is 104 Å². The number of para-hydroxylation sites is 1. The van der Waals surface area contributed by atoms with Gasteiger partial charge in [-0.1, -0.05) is 146 Å². The van der Waals surface area contributed by atoms with Crippen LogP contribution in [0.15, 0.2) is 200 Å². The van der Waals surface area contributed by atoms with Crippen molar-refractivity contribution >= 4 is 61.0 Å². The van der Waals surface area contributed by atoms with Crippen molar-refractivity contribution in [2.24, 2.45) is 0 Å². The summed E-state index contributed by atoms with van der Waals surface area (Å²) in [5.41, 5.74) is 17.3. The lowest BCUT2D eigenvalue weighted by molar-refractivity contribution is 1.19. The summed E-state index contributed by atoms with van der Waals surface area (Å²) in [6.45, 7) is 0. The second kappa shape index (κ2) is 13.9. The van der Waals surface area contributed by atoms with Crippen LogP contribution in [0, 0.1) is 0 Å². The fourth-order valence-electron chi connectivity index (χ4n) is 8.61. The Morgan fingerprint density at radius 3 is 1.61 bits per heavy atom. The number of allylic oxidation sites excluding steroid dienone is 2. The van der Waals surface area contributed by atoms with Gasteiger partial charge >= 0.3 is 0 Å². The molecule has 0 bridgehead atoms. The van der Waals surface area contributed by atoms with Gasteiger partial charge in [0.2, 0.25) is 0 Å². The second-order valence-corrected chi connectivity index (χ2v) is 16.0. The van der Waals surface area contributed by atoms with Gasteiger partial charge in [0.15, 0.2) is 0 Å². The first-order valence-electron chi connectivity index (χ1n) is 19.6. The van der Waals surface area contributed by atoms with Gasteiger partial charge in [0.05, 0.1) is 11.0 Å². The molecule has 0 radical (unpaired) electrons. The summed E-state index contributed by atoms with van der Waals surface area (Å²) in [5.74, 6) is 0. The molecule has 2 heteroatoms. The molecular weight excluding hydrogens is 707 g/mol. The predicted octanol–water partition coefficient (Wildman–Crippen LogP) is 15.6. The van der Waals surface area contributed by atoms with Gasteiger partial charge in [-0.25, -0.2) is 0 Å². The Morgan fingerprint density at radius 2 is 0.930 bits per heavy atom. The van der Waals surface area contributed by atoms with Crippen LogP contribution in [0.3, 0.4) is 0 Å². The van der Waals surface area contributed by atoms with Crippen molar-refractivity contribution in [1.82, 2.24) is 4.57 Å². The molecule has 2 aromatic heterocycles. The lowest BCUT2D eigenvalue weighted by Gasteiger charge is -2.11. The molecule has 57 heavy (non-hydrogen) atoms. The minimum Gasteiger partial charge on any atom is -0.309 e. The van der Waals surface area contributed by atoms with E-state index in [1.54, 1.807) is 0 Å². The van der Waals surface area contributed by atoms with Crippen LogP contribution in [0.1, 0.15) is 22.4 Å². The standard InChI is InChI=1S/C55H37NS/c1-3-13-37(14-4-1)39-17-9-18-40(31-39)41-19-10-20-42(32-41)43-21-11-22-44(33-43)45-23-12-26-54-50(35-45)51-36-47(28-30-55(51)57-54)56-52-25-8-7-24-48(52)49-34-46(27-29-53(49)56)38-15-5-2-6-16-38/h1-22,24-36H,23H2. The first-order chi connectivity index (χ1) is 28.2. The number of aromatic nitrogens is 1. The summed E-state index contributed by atoms with van der Waals surface area (Å²) in [6, 6.07) is 70.9. The maximum Gasteiger partial charge on any atom is 0.0541 e. The van der Waals surface area contributed by atoms with E-state index in [-0.39, 0.29) is 0 Å². The zero-order valence-electron chi connectivity index (χ0n) is 31.3. The van der Waals surface area contributed by atoms with E-state index in [2.05, 4.69) is 217 Å². The van der Waals surface area contributed by atoms with E-state index in [1.807, 2.05) is 11.3 Å². The summed E-state index contributed by atoms with van der Waals surface area (Å²) in [7, 11) is 0. The molecule has 8 aromatic carbocycles. The molecule has 0 amide bonds. The molecule has 10 aromatic rings. The predicted molar refractivity (Wildman–Crippen MR) is 246 cm³/mol. The topological polar surface area (TPSA) is 4.93 Å². The van der Waals surface area contributed by atoms with Crippen molar-refractivity contribution in [1.29, 1.82) is 0 Å². The summed E-state index contributed by atoms with van der Waals surface area (Å²) in [4.78, 5) is 1.31. The Morgan fingerprint density at radius 1 is 0.386 bits per heavy atom. The van der Waals surface area contributed by atoms with Crippen LogP contribution in [0.2, 0.25) is 0 Å². The first-order valence-corrected chi connectivity index (χ1v) is 20.4. The summed E-state index contributed by atoms with van der Waals surface area (Å²) < 4.78 is 3.75. The van der Waals surface area contributed by atoms with E-state index >= 15 is 0 Å². The maximum atomic E-state index is 2.45. The van der Waals surface area contributed by atoms with Crippen molar-refractivity contribution in [3.8, 4) is 50.2 Å². The number of fused-ring (bicyclic) bond motifs is 6. The molecule has 0 unspecified atom stereocenters. The van der Waals surface area contributed by atoms with Gasteiger partial charge in [0.25, 0.3) is 0 Å². The van der Waals surface area contributed by atoms with Gasteiger partial charge in [-0.3, -0.25) is 0 Å². The van der Waals surface area contributed by atoms with Gasteiger partial charge in [-0.2, -0.15) is 0 Å². The van der Waals surface area contributed by atoms with Crippen LogP contribution in [-0.2, 0) is 0 Å². The van der Waals surface area contributed by atoms with Crippen molar-refractivity contribution < 1.29 is 0 Å². The van der Waals surface area contributed by atoms with Crippen molar-refractivity contribution in [2.75, 3.05) is 0 Å². The zero-order valence-corrected chi connectivity index (χ0v) is 32.1. The number of thiophene rings is 1. The molecule has 0 fully saturated rings. The molecular formula is C55H37NS. The van der Waals surface area contributed by atoms with Crippen LogP contribution in [0.5, 0.6) is 0 Å².